The molecule has 0 amide bonds. The number of carbonyl (C=O) groups excluding carboxylic acids is 1. The van der Waals surface area contributed by atoms with E-state index in [1.165, 1.54) is 12.8 Å². The van der Waals surface area contributed by atoms with E-state index in [9.17, 15) is 4.79 Å². The zero-order valence-corrected chi connectivity index (χ0v) is 6.47. The molecule has 1 heteroatoms. The van der Waals surface area contributed by atoms with Crippen molar-refractivity contribution in [1.29, 1.82) is 0 Å². The molecule has 0 aromatic heterocycles. The van der Waals surface area contributed by atoms with Crippen molar-refractivity contribution in [3.8, 4) is 0 Å². The maximum absolute atomic E-state index is 10.8. The third kappa shape index (κ3) is 0.799. The molecule has 2 aliphatic rings. The molecule has 0 bridgehead atoms. The lowest BCUT2D eigenvalue weighted by atomic mass is 10.1. The maximum Gasteiger partial charge on any atom is 0.133 e. The van der Waals surface area contributed by atoms with Gasteiger partial charge in [0, 0.05) is 12.8 Å². The number of fused-ring (bicyclic) bond motifs is 1. The van der Waals surface area contributed by atoms with Gasteiger partial charge in [-0.3, -0.25) is 4.79 Å². The predicted octanol–water partition coefficient (Wildman–Crippen LogP) is 2.01. The standard InChI is InChI=1S/C9H14O/c1-2-3-7-8-4-6(10)5-9(7)8/h7-9H,2-5H2,1H3/t7?,8-,9+. The second kappa shape index (κ2) is 2.08. The SMILES string of the molecule is CCCC1[C@H]2CC(=O)C[C@@H]12. The van der Waals surface area contributed by atoms with Crippen LogP contribution in [0, 0.1) is 17.8 Å². The average molecular weight is 138 g/mol. The second-order valence-electron chi connectivity index (χ2n) is 3.73. The molecule has 0 heterocycles. The Labute approximate surface area is 61.8 Å². The third-order valence-electron chi connectivity index (χ3n) is 3.06. The molecule has 1 nitrogen and oxygen atoms in total. The van der Waals surface area contributed by atoms with Crippen molar-refractivity contribution in [3.05, 3.63) is 0 Å². The van der Waals surface area contributed by atoms with E-state index in [4.69, 9.17) is 0 Å². The van der Waals surface area contributed by atoms with E-state index in [1.54, 1.807) is 0 Å². The molecule has 10 heavy (non-hydrogen) atoms. The molecule has 2 aliphatic carbocycles. The van der Waals surface area contributed by atoms with E-state index in [-0.39, 0.29) is 0 Å². The number of hydrogen-bond acceptors (Lipinski definition) is 1. The molecule has 56 valence electrons. The quantitative estimate of drug-likeness (QED) is 0.570. The normalized spacial score (nSPS) is 43.7. The highest BCUT2D eigenvalue weighted by Gasteiger charge is 2.54. The Bertz CT molecular complexity index is 148. The van der Waals surface area contributed by atoms with Crippen LogP contribution in [0.15, 0.2) is 0 Å². The molecular formula is C9H14O. The van der Waals surface area contributed by atoms with E-state index < -0.39 is 0 Å². The summed E-state index contributed by atoms with van der Waals surface area (Å²) in [5.74, 6) is 3.12. The fourth-order valence-corrected chi connectivity index (χ4v) is 2.50. The summed E-state index contributed by atoms with van der Waals surface area (Å²) in [7, 11) is 0. The number of carbonyl (C=O) groups is 1. The average Bonchev–Trinajstić information content (AvgIpc) is 2.43. The molecule has 0 aromatic carbocycles. The van der Waals surface area contributed by atoms with E-state index in [2.05, 4.69) is 6.92 Å². The minimum atomic E-state index is 0.516. The molecular weight excluding hydrogens is 124 g/mol. The lowest BCUT2D eigenvalue weighted by Gasteiger charge is -1.97. The molecule has 2 rings (SSSR count). The monoisotopic (exact) mass is 138 g/mol. The second-order valence-corrected chi connectivity index (χ2v) is 3.73. The van der Waals surface area contributed by atoms with E-state index in [0.717, 1.165) is 30.6 Å². The first-order valence-corrected chi connectivity index (χ1v) is 4.34. The van der Waals surface area contributed by atoms with Gasteiger partial charge in [0.1, 0.15) is 5.78 Å². The smallest absolute Gasteiger partial charge is 0.133 e. The minimum Gasteiger partial charge on any atom is -0.300 e. The van der Waals surface area contributed by atoms with Crippen LogP contribution in [-0.4, -0.2) is 5.78 Å². The Morgan fingerprint density at radius 1 is 1.40 bits per heavy atom. The fraction of sp³-hybridized carbons (Fsp3) is 0.889. The van der Waals surface area contributed by atoms with Gasteiger partial charge < -0.3 is 0 Å². The van der Waals surface area contributed by atoms with Crippen LogP contribution in [-0.2, 0) is 4.79 Å². The summed E-state index contributed by atoms with van der Waals surface area (Å²) >= 11 is 0. The van der Waals surface area contributed by atoms with Gasteiger partial charge in [-0.15, -0.1) is 0 Å². The number of rotatable bonds is 2. The molecule has 0 radical (unpaired) electrons. The van der Waals surface area contributed by atoms with Crippen molar-refractivity contribution in [2.45, 2.75) is 32.6 Å². The Morgan fingerprint density at radius 3 is 2.50 bits per heavy atom. The zero-order chi connectivity index (χ0) is 7.14. The number of Topliss-reactive ketones (excluding diaryl/α,β-unsaturated/α-hetero) is 1. The first kappa shape index (κ1) is 6.38. The van der Waals surface area contributed by atoms with Crippen molar-refractivity contribution in [3.63, 3.8) is 0 Å². The van der Waals surface area contributed by atoms with Crippen LogP contribution >= 0.6 is 0 Å². The van der Waals surface area contributed by atoms with Gasteiger partial charge in [-0.25, -0.2) is 0 Å². The molecule has 2 fully saturated rings. The lowest BCUT2D eigenvalue weighted by molar-refractivity contribution is -0.118. The summed E-state index contributed by atoms with van der Waals surface area (Å²) in [6.45, 7) is 2.23. The topological polar surface area (TPSA) is 17.1 Å². The summed E-state index contributed by atoms with van der Waals surface area (Å²) < 4.78 is 0. The van der Waals surface area contributed by atoms with Gasteiger partial charge in [0.25, 0.3) is 0 Å². The van der Waals surface area contributed by atoms with Gasteiger partial charge in [-0.1, -0.05) is 19.8 Å². The fourth-order valence-electron chi connectivity index (χ4n) is 2.50. The molecule has 0 aliphatic heterocycles. The van der Waals surface area contributed by atoms with Crippen molar-refractivity contribution in [1.82, 2.24) is 0 Å². The van der Waals surface area contributed by atoms with Gasteiger partial charge in [-0.05, 0) is 17.8 Å². The molecule has 1 unspecified atom stereocenters. The lowest BCUT2D eigenvalue weighted by Crippen LogP contribution is -1.97. The van der Waals surface area contributed by atoms with Gasteiger partial charge >= 0.3 is 0 Å². The molecule has 0 spiro atoms. The molecule has 3 atom stereocenters. The third-order valence-corrected chi connectivity index (χ3v) is 3.06. The van der Waals surface area contributed by atoms with Crippen LogP contribution in [0.4, 0.5) is 0 Å². The number of ketones is 1. The molecule has 0 N–H and O–H groups in total. The van der Waals surface area contributed by atoms with Crippen molar-refractivity contribution >= 4 is 5.78 Å². The summed E-state index contributed by atoms with van der Waals surface area (Å²) in [5.41, 5.74) is 0. The summed E-state index contributed by atoms with van der Waals surface area (Å²) in [5, 5.41) is 0. The highest BCUT2D eigenvalue weighted by Crippen LogP contribution is 2.57. The Kier molecular flexibility index (Phi) is 1.33. The summed E-state index contributed by atoms with van der Waals surface area (Å²) in [4.78, 5) is 10.8. The minimum absolute atomic E-state index is 0.516. The van der Waals surface area contributed by atoms with Crippen LogP contribution in [0.3, 0.4) is 0 Å². The van der Waals surface area contributed by atoms with Gasteiger partial charge in [0.2, 0.25) is 0 Å². The number of hydrogen-bond donors (Lipinski definition) is 0. The summed E-state index contributed by atoms with van der Waals surface area (Å²) in [6.07, 6.45) is 4.49. The molecule has 0 saturated heterocycles. The van der Waals surface area contributed by atoms with Crippen molar-refractivity contribution < 1.29 is 4.79 Å². The van der Waals surface area contributed by atoms with Crippen LogP contribution < -0.4 is 0 Å². The van der Waals surface area contributed by atoms with Crippen LogP contribution in [0.25, 0.3) is 0 Å². The molecule has 2 saturated carbocycles. The maximum atomic E-state index is 10.8. The predicted molar refractivity (Wildman–Crippen MR) is 39.6 cm³/mol. The first-order valence-electron chi connectivity index (χ1n) is 4.34. The highest BCUT2D eigenvalue weighted by molar-refractivity contribution is 5.82. The Balaban J connectivity index is 1.86. The zero-order valence-electron chi connectivity index (χ0n) is 6.47. The molecule has 0 aromatic rings. The Hall–Kier alpha value is -0.330. The van der Waals surface area contributed by atoms with E-state index in [0.29, 0.717) is 5.78 Å². The van der Waals surface area contributed by atoms with Gasteiger partial charge in [0.05, 0.1) is 0 Å². The Morgan fingerprint density at radius 2 is 2.00 bits per heavy atom. The largest absolute Gasteiger partial charge is 0.300 e. The van der Waals surface area contributed by atoms with Crippen molar-refractivity contribution in [2.24, 2.45) is 17.8 Å². The van der Waals surface area contributed by atoms with Gasteiger partial charge in [0.15, 0.2) is 0 Å². The summed E-state index contributed by atoms with van der Waals surface area (Å²) in [6, 6.07) is 0. The van der Waals surface area contributed by atoms with E-state index in [1.807, 2.05) is 0 Å². The highest BCUT2D eigenvalue weighted by atomic mass is 16.1. The van der Waals surface area contributed by atoms with Crippen LogP contribution in [0.1, 0.15) is 32.6 Å². The van der Waals surface area contributed by atoms with E-state index >= 15 is 0 Å². The van der Waals surface area contributed by atoms with Crippen LogP contribution in [0.5, 0.6) is 0 Å². The van der Waals surface area contributed by atoms with Crippen molar-refractivity contribution in [2.75, 3.05) is 0 Å². The van der Waals surface area contributed by atoms with Crippen LogP contribution in [0.2, 0.25) is 0 Å². The first-order chi connectivity index (χ1) is 4.83. The van der Waals surface area contributed by atoms with Gasteiger partial charge in [-0.2, -0.15) is 0 Å².